The Morgan fingerprint density at radius 2 is 1.68 bits per heavy atom. The Hall–Kier alpha value is -0.930. The molecule has 0 heterocycles. The quantitative estimate of drug-likeness (QED) is 0.611. The lowest BCUT2D eigenvalue weighted by Gasteiger charge is -2.15. The van der Waals surface area contributed by atoms with Gasteiger partial charge in [-0.05, 0) is 36.6 Å². The van der Waals surface area contributed by atoms with Crippen LogP contribution < -0.4 is 0 Å². The molecule has 0 saturated carbocycles. The average molecular weight is 346 g/mol. The van der Waals surface area contributed by atoms with Gasteiger partial charge in [-0.2, -0.15) is 0 Å². The van der Waals surface area contributed by atoms with Crippen LogP contribution in [0.5, 0.6) is 0 Å². The second-order valence-electron chi connectivity index (χ2n) is 4.46. The summed E-state index contributed by atoms with van der Waals surface area (Å²) in [4.78, 5) is -0.404. The van der Waals surface area contributed by atoms with Crippen molar-refractivity contribution >= 4 is 27.5 Å². The molecule has 0 aliphatic rings. The topological polar surface area (TPSA) is 0 Å². The third-order valence-corrected chi connectivity index (χ3v) is 4.55. The average Bonchev–Trinajstić information content (AvgIpc) is 2.36. The van der Waals surface area contributed by atoms with Crippen LogP contribution in [0, 0.1) is 25.5 Å². The minimum atomic E-state index is -0.581. The maximum Gasteiger partial charge on any atom is 0.130 e. The summed E-state index contributed by atoms with van der Waals surface area (Å²) in [7, 11) is 0. The fourth-order valence-electron chi connectivity index (χ4n) is 1.91. The van der Waals surface area contributed by atoms with Crippen LogP contribution in [0.3, 0.4) is 0 Å². The molecule has 0 saturated heterocycles. The van der Waals surface area contributed by atoms with E-state index in [9.17, 15) is 8.78 Å². The minimum Gasteiger partial charge on any atom is -0.207 e. The Balaban J connectivity index is 2.53. The van der Waals surface area contributed by atoms with Crippen LogP contribution in [0.25, 0.3) is 0 Å². The van der Waals surface area contributed by atoms with E-state index in [0.717, 1.165) is 17.2 Å². The van der Waals surface area contributed by atoms with Gasteiger partial charge in [-0.3, -0.25) is 0 Å². The van der Waals surface area contributed by atoms with Crippen LogP contribution in [0.2, 0.25) is 5.02 Å². The van der Waals surface area contributed by atoms with Gasteiger partial charge in [-0.1, -0.05) is 45.7 Å². The zero-order valence-corrected chi connectivity index (χ0v) is 12.8. The van der Waals surface area contributed by atoms with E-state index in [2.05, 4.69) is 15.9 Å². The fourth-order valence-corrected chi connectivity index (χ4v) is 3.01. The fraction of sp³-hybridized carbons (Fsp3) is 0.200. The summed E-state index contributed by atoms with van der Waals surface area (Å²) in [6, 6.07) is 7.98. The zero-order chi connectivity index (χ0) is 14.2. The zero-order valence-electron chi connectivity index (χ0n) is 10.5. The molecule has 0 aliphatic heterocycles. The molecule has 0 fully saturated rings. The molecule has 1 atom stereocenters. The molecule has 0 amide bonds. The summed E-state index contributed by atoms with van der Waals surface area (Å²) in [5, 5.41) is 0.589. The van der Waals surface area contributed by atoms with E-state index < -0.39 is 16.5 Å². The van der Waals surface area contributed by atoms with E-state index in [1.54, 1.807) is 6.92 Å². The van der Waals surface area contributed by atoms with Gasteiger partial charge in [0, 0.05) is 16.7 Å². The Morgan fingerprint density at radius 1 is 1.00 bits per heavy atom. The maximum absolute atomic E-state index is 13.9. The molecule has 0 aromatic heterocycles. The van der Waals surface area contributed by atoms with Gasteiger partial charge in [0.2, 0.25) is 0 Å². The number of benzene rings is 2. The minimum absolute atomic E-state index is 0.381. The first-order chi connectivity index (χ1) is 8.91. The molecule has 0 aliphatic carbocycles. The number of halogens is 4. The van der Waals surface area contributed by atoms with Gasteiger partial charge in [0.05, 0.1) is 4.83 Å². The highest BCUT2D eigenvalue weighted by Gasteiger charge is 2.19. The Morgan fingerprint density at radius 3 is 2.37 bits per heavy atom. The van der Waals surface area contributed by atoms with Crippen LogP contribution in [-0.4, -0.2) is 0 Å². The SMILES string of the molecule is Cc1cc(C(Br)c2cccc(C)c2Cl)c(F)cc1F. The van der Waals surface area contributed by atoms with Gasteiger partial charge in [0.15, 0.2) is 0 Å². The summed E-state index contributed by atoms with van der Waals surface area (Å²) in [5.74, 6) is -1.13. The van der Waals surface area contributed by atoms with Crippen molar-refractivity contribution in [3.63, 3.8) is 0 Å². The van der Waals surface area contributed by atoms with E-state index in [0.29, 0.717) is 16.1 Å². The summed E-state index contributed by atoms with van der Waals surface area (Å²) < 4.78 is 27.2. The first-order valence-electron chi connectivity index (χ1n) is 5.76. The highest BCUT2D eigenvalue weighted by molar-refractivity contribution is 9.09. The lowest BCUT2D eigenvalue weighted by Crippen LogP contribution is -2.00. The van der Waals surface area contributed by atoms with Crippen LogP contribution in [-0.2, 0) is 0 Å². The van der Waals surface area contributed by atoms with Gasteiger partial charge in [-0.15, -0.1) is 0 Å². The van der Waals surface area contributed by atoms with E-state index in [1.807, 2.05) is 25.1 Å². The molecule has 0 nitrogen and oxygen atoms in total. The molecular weight excluding hydrogens is 334 g/mol. The van der Waals surface area contributed by atoms with Crippen molar-refractivity contribution in [1.82, 2.24) is 0 Å². The second kappa shape index (κ2) is 5.59. The Kier molecular flexibility index (Phi) is 4.26. The predicted octanol–water partition coefficient (Wildman–Crippen LogP) is 5.72. The normalized spacial score (nSPS) is 12.5. The van der Waals surface area contributed by atoms with Crippen LogP contribution in [0.15, 0.2) is 30.3 Å². The number of rotatable bonds is 2. The number of hydrogen-bond donors (Lipinski definition) is 0. The predicted molar refractivity (Wildman–Crippen MR) is 78.1 cm³/mol. The van der Waals surface area contributed by atoms with Crippen LogP contribution >= 0.6 is 27.5 Å². The second-order valence-corrected chi connectivity index (χ2v) is 5.76. The van der Waals surface area contributed by atoms with E-state index in [-0.39, 0.29) is 0 Å². The van der Waals surface area contributed by atoms with Crippen molar-refractivity contribution in [3.8, 4) is 0 Å². The molecule has 100 valence electrons. The first-order valence-corrected chi connectivity index (χ1v) is 7.05. The van der Waals surface area contributed by atoms with Gasteiger partial charge in [-0.25, -0.2) is 8.78 Å². The van der Waals surface area contributed by atoms with Gasteiger partial charge in [0.1, 0.15) is 11.6 Å². The first kappa shape index (κ1) is 14.5. The molecule has 0 spiro atoms. The molecule has 2 rings (SSSR count). The Labute approximate surface area is 124 Å². The number of alkyl halides is 1. The number of aryl methyl sites for hydroxylation is 2. The smallest absolute Gasteiger partial charge is 0.130 e. The monoisotopic (exact) mass is 344 g/mol. The lowest BCUT2D eigenvalue weighted by molar-refractivity contribution is 0.569. The molecule has 19 heavy (non-hydrogen) atoms. The van der Waals surface area contributed by atoms with E-state index in [1.165, 1.54) is 6.07 Å². The van der Waals surface area contributed by atoms with Crippen LogP contribution in [0.4, 0.5) is 8.78 Å². The van der Waals surface area contributed by atoms with Crippen molar-refractivity contribution < 1.29 is 8.78 Å². The molecule has 0 N–H and O–H groups in total. The van der Waals surface area contributed by atoms with Crippen molar-refractivity contribution in [1.29, 1.82) is 0 Å². The van der Waals surface area contributed by atoms with Crippen LogP contribution in [0.1, 0.15) is 27.1 Å². The van der Waals surface area contributed by atoms with Gasteiger partial charge in [0.25, 0.3) is 0 Å². The molecule has 0 radical (unpaired) electrons. The summed E-state index contributed by atoms with van der Waals surface area (Å²) >= 11 is 9.68. The molecule has 0 bridgehead atoms. The highest BCUT2D eigenvalue weighted by atomic mass is 79.9. The third kappa shape index (κ3) is 2.82. The summed E-state index contributed by atoms with van der Waals surface area (Å²) in [6.07, 6.45) is 0. The van der Waals surface area contributed by atoms with Gasteiger partial charge < -0.3 is 0 Å². The molecule has 2 aromatic carbocycles. The summed E-state index contributed by atoms with van der Waals surface area (Å²) in [5.41, 5.74) is 2.48. The van der Waals surface area contributed by atoms with E-state index in [4.69, 9.17) is 11.6 Å². The summed E-state index contributed by atoms with van der Waals surface area (Å²) in [6.45, 7) is 3.49. The van der Waals surface area contributed by atoms with Crippen molar-refractivity contribution in [2.75, 3.05) is 0 Å². The highest BCUT2D eigenvalue weighted by Crippen LogP contribution is 2.38. The standard InChI is InChI=1S/C15H12BrClF2/c1-8-4-3-5-10(15(8)17)14(16)11-6-9(2)12(18)7-13(11)19/h3-7,14H,1-2H3. The van der Waals surface area contributed by atoms with E-state index >= 15 is 0 Å². The third-order valence-electron chi connectivity index (χ3n) is 3.05. The Bertz CT molecular complexity index is 626. The van der Waals surface area contributed by atoms with Gasteiger partial charge >= 0.3 is 0 Å². The maximum atomic E-state index is 13.9. The van der Waals surface area contributed by atoms with Crippen molar-refractivity contribution in [2.24, 2.45) is 0 Å². The molecular formula is C15H12BrClF2. The number of hydrogen-bond acceptors (Lipinski definition) is 0. The van der Waals surface area contributed by atoms with Crippen molar-refractivity contribution in [3.05, 3.63) is 69.2 Å². The molecule has 4 heteroatoms. The molecule has 2 aromatic rings. The molecule has 1 unspecified atom stereocenters. The largest absolute Gasteiger partial charge is 0.207 e. The van der Waals surface area contributed by atoms with Crippen molar-refractivity contribution in [2.45, 2.75) is 18.7 Å². The lowest BCUT2D eigenvalue weighted by atomic mass is 10.0.